The summed E-state index contributed by atoms with van der Waals surface area (Å²) < 4.78 is 1.09. The Balaban J connectivity index is 1.79. The number of hydrogen-bond acceptors (Lipinski definition) is 4. The first-order valence-corrected chi connectivity index (χ1v) is 8.08. The van der Waals surface area contributed by atoms with E-state index in [0.29, 0.717) is 6.04 Å². The third kappa shape index (κ3) is 2.96. The van der Waals surface area contributed by atoms with Crippen LogP contribution in [-0.4, -0.2) is 41.4 Å². The lowest BCUT2D eigenvalue weighted by Gasteiger charge is -2.30. The lowest BCUT2D eigenvalue weighted by Crippen LogP contribution is -2.41. The molecule has 112 valence electrons. The molecule has 1 fully saturated rings. The molecule has 5 nitrogen and oxygen atoms in total. The van der Waals surface area contributed by atoms with Gasteiger partial charge in [-0.3, -0.25) is 5.10 Å². The van der Waals surface area contributed by atoms with E-state index in [1.165, 1.54) is 5.56 Å². The number of aromatic amines is 1. The summed E-state index contributed by atoms with van der Waals surface area (Å²) in [7, 11) is 2.03. The van der Waals surface area contributed by atoms with Crippen LogP contribution in [0.3, 0.4) is 0 Å². The summed E-state index contributed by atoms with van der Waals surface area (Å²) in [5.41, 5.74) is 2.27. The Labute approximate surface area is 133 Å². The van der Waals surface area contributed by atoms with Crippen LogP contribution < -0.4 is 10.2 Å². The number of anilines is 1. The van der Waals surface area contributed by atoms with E-state index in [1.807, 2.05) is 19.2 Å². The molecular formula is C15H20BrN5. The van der Waals surface area contributed by atoms with Crippen LogP contribution in [0.25, 0.3) is 11.4 Å². The van der Waals surface area contributed by atoms with Crippen LogP contribution in [0.4, 0.5) is 5.95 Å². The maximum Gasteiger partial charge on any atom is 0.245 e. The number of rotatable bonds is 3. The van der Waals surface area contributed by atoms with Gasteiger partial charge < -0.3 is 10.2 Å². The summed E-state index contributed by atoms with van der Waals surface area (Å²) in [5.74, 6) is 1.64. The zero-order valence-corrected chi connectivity index (χ0v) is 13.9. The summed E-state index contributed by atoms with van der Waals surface area (Å²) in [6.45, 7) is 4.08. The van der Waals surface area contributed by atoms with E-state index in [9.17, 15) is 0 Å². The Bertz CT molecular complexity index is 616. The largest absolute Gasteiger partial charge is 0.339 e. The second-order valence-corrected chi connectivity index (χ2v) is 6.30. The van der Waals surface area contributed by atoms with E-state index in [2.05, 4.69) is 54.3 Å². The molecule has 0 atom stereocenters. The van der Waals surface area contributed by atoms with Gasteiger partial charge in [0, 0.05) is 29.2 Å². The Morgan fingerprint density at radius 1 is 1.33 bits per heavy atom. The molecule has 21 heavy (non-hydrogen) atoms. The van der Waals surface area contributed by atoms with Crippen molar-refractivity contribution in [3.8, 4) is 11.4 Å². The maximum absolute atomic E-state index is 4.67. The highest BCUT2D eigenvalue weighted by Gasteiger charge is 2.21. The monoisotopic (exact) mass is 349 g/mol. The van der Waals surface area contributed by atoms with Crippen molar-refractivity contribution in [2.45, 2.75) is 25.8 Å². The molecule has 1 aliphatic heterocycles. The number of benzene rings is 1. The second-order valence-electron chi connectivity index (χ2n) is 5.45. The van der Waals surface area contributed by atoms with Gasteiger partial charge in [0.15, 0.2) is 5.82 Å². The highest BCUT2D eigenvalue weighted by atomic mass is 79.9. The fraction of sp³-hybridized carbons (Fsp3) is 0.467. The number of halogens is 1. The van der Waals surface area contributed by atoms with Gasteiger partial charge in [0.2, 0.25) is 5.95 Å². The average Bonchev–Trinajstić information content (AvgIpc) is 3.00. The van der Waals surface area contributed by atoms with Crippen LogP contribution in [0.15, 0.2) is 22.7 Å². The molecule has 0 saturated carbocycles. The van der Waals surface area contributed by atoms with Crippen LogP contribution in [0.2, 0.25) is 0 Å². The molecule has 0 bridgehead atoms. The molecule has 0 aliphatic carbocycles. The fourth-order valence-corrected chi connectivity index (χ4v) is 3.11. The first kappa shape index (κ1) is 14.5. The van der Waals surface area contributed by atoms with E-state index >= 15 is 0 Å². The third-order valence-corrected chi connectivity index (χ3v) is 5.04. The van der Waals surface area contributed by atoms with Gasteiger partial charge in [0.25, 0.3) is 0 Å². The van der Waals surface area contributed by atoms with Gasteiger partial charge in [0.1, 0.15) is 0 Å². The van der Waals surface area contributed by atoms with E-state index in [1.54, 1.807) is 0 Å². The predicted molar refractivity (Wildman–Crippen MR) is 88.6 cm³/mol. The molecule has 1 aliphatic rings. The van der Waals surface area contributed by atoms with Gasteiger partial charge in [-0.05, 0) is 38.4 Å². The lowest BCUT2D eigenvalue weighted by molar-refractivity contribution is 0.439. The Hall–Kier alpha value is -1.40. The SMILES string of the molecule is CNC1CCN(c2n[nH]c(-c3cccc(Br)c3C)n2)CC1. The molecule has 2 aromatic rings. The molecule has 2 heterocycles. The Morgan fingerprint density at radius 2 is 2.10 bits per heavy atom. The number of nitrogens with zero attached hydrogens (tertiary/aromatic N) is 3. The summed E-state index contributed by atoms with van der Waals surface area (Å²) >= 11 is 3.56. The summed E-state index contributed by atoms with van der Waals surface area (Å²) in [6.07, 6.45) is 2.27. The normalized spacial score (nSPS) is 16.4. The van der Waals surface area contributed by atoms with Crippen molar-refractivity contribution >= 4 is 21.9 Å². The van der Waals surface area contributed by atoms with E-state index < -0.39 is 0 Å². The molecule has 2 N–H and O–H groups in total. The number of H-pyrrole nitrogens is 1. The second kappa shape index (κ2) is 6.15. The highest BCUT2D eigenvalue weighted by molar-refractivity contribution is 9.10. The molecule has 1 aromatic heterocycles. The van der Waals surface area contributed by atoms with E-state index in [4.69, 9.17) is 0 Å². The molecule has 0 spiro atoms. The highest BCUT2D eigenvalue weighted by Crippen LogP contribution is 2.27. The van der Waals surface area contributed by atoms with E-state index in [0.717, 1.165) is 47.7 Å². The van der Waals surface area contributed by atoms with Crippen LogP contribution >= 0.6 is 15.9 Å². The molecule has 1 aromatic carbocycles. The van der Waals surface area contributed by atoms with E-state index in [-0.39, 0.29) is 0 Å². The van der Waals surface area contributed by atoms with Crippen molar-refractivity contribution in [1.29, 1.82) is 0 Å². The van der Waals surface area contributed by atoms with Crippen molar-refractivity contribution in [3.63, 3.8) is 0 Å². The zero-order valence-electron chi connectivity index (χ0n) is 12.4. The molecule has 3 rings (SSSR count). The maximum atomic E-state index is 4.67. The minimum Gasteiger partial charge on any atom is -0.339 e. The predicted octanol–water partition coefficient (Wildman–Crippen LogP) is 2.73. The van der Waals surface area contributed by atoms with Crippen molar-refractivity contribution in [3.05, 3.63) is 28.2 Å². The van der Waals surface area contributed by atoms with Crippen LogP contribution in [0, 0.1) is 6.92 Å². The number of piperidine rings is 1. The van der Waals surface area contributed by atoms with Crippen molar-refractivity contribution in [2.24, 2.45) is 0 Å². The van der Waals surface area contributed by atoms with Gasteiger partial charge >= 0.3 is 0 Å². The van der Waals surface area contributed by atoms with Gasteiger partial charge in [-0.15, -0.1) is 5.10 Å². The third-order valence-electron chi connectivity index (χ3n) is 4.18. The first-order chi connectivity index (χ1) is 10.2. The Kier molecular flexibility index (Phi) is 4.26. The standard InChI is InChI=1S/C15H20BrN5/c1-10-12(4-3-5-13(10)16)14-18-15(20-19-14)21-8-6-11(17-2)7-9-21/h3-5,11,17H,6-9H2,1-2H3,(H,18,19,20). The minimum absolute atomic E-state index is 0.618. The van der Waals surface area contributed by atoms with Gasteiger partial charge in [0.05, 0.1) is 0 Å². The summed E-state index contributed by atoms with van der Waals surface area (Å²) in [5, 5.41) is 10.8. The van der Waals surface area contributed by atoms with Crippen LogP contribution in [0.1, 0.15) is 18.4 Å². The van der Waals surface area contributed by atoms with Crippen LogP contribution in [0.5, 0.6) is 0 Å². The zero-order chi connectivity index (χ0) is 14.8. The molecule has 0 radical (unpaired) electrons. The summed E-state index contributed by atoms with van der Waals surface area (Å²) in [6, 6.07) is 6.75. The number of nitrogens with one attached hydrogen (secondary N) is 2. The number of hydrogen-bond donors (Lipinski definition) is 2. The van der Waals surface area contributed by atoms with Crippen molar-refractivity contribution < 1.29 is 0 Å². The van der Waals surface area contributed by atoms with Crippen molar-refractivity contribution in [2.75, 3.05) is 25.0 Å². The van der Waals surface area contributed by atoms with Crippen LogP contribution in [-0.2, 0) is 0 Å². The Morgan fingerprint density at radius 3 is 2.81 bits per heavy atom. The lowest BCUT2D eigenvalue weighted by atomic mass is 10.1. The quantitative estimate of drug-likeness (QED) is 0.894. The molecular weight excluding hydrogens is 330 g/mol. The topological polar surface area (TPSA) is 56.8 Å². The van der Waals surface area contributed by atoms with Gasteiger partial charge in [-0.1, -0.05) is 28.1 Å². The molecule has 0 unspecified atom stereocenters. The fourth-order valence-electron chi connectivity index (χ4n) is 2.75. The average molecular weight is 350 g/mol. The van der Waals surface area contributed by atoms with Gasteiger partial charge in [-0.25, -0.2) is 0 Å². The van der Waals surface area contributed by atoms with Crippen molar-refractivity contribution in [1.82, 2.24) is 20.5 Å². The van der Waals surface area contributed by atoms with Gasteiger partial charge in [-0.2, -0.15) is 4.98 Å². The molecule has 1 saturated heterocycles. The minimum atomic E-state index is 0.618. The number of aromatic nitrogens is 3. The molecule has 6 heteroatoms. The first-order valence-electron chi connectivity index (χ1n) is 7.29. The molecule has 0 amide bonds. The smallest absolute Gasteiger partial charge is 0.245 e. The summed E-state index contributed by atoms with van der Waals surface area (Å²) in [4.78, 5) is 6.93.